The number of anilines is 1. The minimum Gasteiger partial charge on any atom is -0.382 e. The fourth-order valence-electron chi connectivity index (χ4n) is 1.38. The van der Waals surface area contributed by atoms with E-state index in [1.54, 1.807) is 19.1 Å². The zero-order valence-electron chi connectivity index (χ0n) is 10.0. The van der Waals surface area contributed by atoms with Gasteiger partial charge in [0.1, 0.15) is 0 Å². The molecule has 5 heteroatoms. The second-order valence-corrected chi connectivity index (χ2v) is 4.44. The second-order valence-electron chi connectivity index (χ2n) is 4.44. The van der Waals surface area contributed by atoms with E-state index in [1.807, 2.05) is 13.0 Å². The topological polar surface area (TPSA) is 32.3 Å². The highest BCUT2D eigenvalue weighted by Crippen LogP contribution is 2.30. The van der Waals surface area contributed by atoms with Crippen molar-refractivity contribution in [3.63, 3.8) is 0 Å². The van der Waals surface area contributed by atoms with Gasteiger partial charge in [0.25, 0.3) is 0 Å². The van der Waals surface area contributed by atoms with Gasteiger partial charge in [-0.25, -0.2) is 0 Å². The van der Waals surface area contributed by atoms with E-state index in [9.17, 15) is 18.3 Å². The Bertz CT molecular complexity index is 399. The van der Waals surface area contributed by atoms with Gasteiger partial charge >= 0.3 is 6.18 Å². The van der Waals surface area contributed by atoms with Crippen molar-refractivity contribution in [3.05, 3.63) is 29.3 Å². The molecule has 96 valence electrons. The Morgan fingerprint density at radius 2 is 1.82 bits per heavy atom. The Balaban J connectivity index is 2.74. The number of benzene rings is 1. The van der Waals surface area contributed by atoms with Crippen molar-refractivity contribution < 1.29 is 18.3 Å². The molecule has 1 atom stereocenters. The maximum absolute atomic E-state index is 12.4. The summed E-state index contributed by atoms with van der Waals surface area (Å²) in [6.45, 7) is 3.89. The number of hydrogen-bond donors (Lipinski definition) is 2. The third-order valence-corrected chi connectivity index (χ3v) is 2.62. The average molecular weight is 247 g/mol. The first-order chi connectivity index (χ1) is 7.63. The summed E-state index contributed by atoms with van der Waals surface area (Å²) in [5, 5.41) is 11.9. The molecule has 2 nitrogen and oxygen atoms in total. The van der Waals surface area contributed by atoms with Gasteiger partial charge in [-0.1, -0.05) is 17.7 Å². The Morgan fingerprint density at radius 1 is 1.24 bits per heavy atom. The van der Waals surface area contributed by atoms with Gasteiger partial charge in [0, 0.05) is 5.69 Å². The number of nitrogens with one attached hydrogen (secondary N) is 1. The Morgan fingerprint density at radius 3 is 2.29 bits per heavy atom. The van der Waals surface area contributed by atoms with E-state index in [-0.39, 0.29) is 0 Å². The molecule has 1 aromatic carbocycles. The monoisotopic (exact) mass is 247 g/mol. The van der Waals surface area contributed by atoms with Crippen LogP contribution in [0.2, 0.25) is 0 Å². The fraction of sp³-hybridized carbons (Fsp3) is 0.500. The minimum atomic E-state index is -4.64. The van der Waals surface area contributed by atoms with Crippen LogP contribution in [0, 0.1) is 13.8 Å². The molecular formula is C12H16F3NO. The normalized spacial score (nSPS) is 15.5. The molecule has 0 fully saturated rings. The molecule has 17 heavy (non-hydrogen) atoms. The number of hydrogen-bond acceptors (Lipinski definition) is 2. The Labute approximate surface area is 98.5 Å². The highest BCUT2D eigenvalue weighted by Gasteiger charge is 2.49. The van der Waals surface area contributed by atoms with Crippen molar-refractivity contribution in [2.45, 2.75) is 32.5 Å². The van der Waals surface area contributed by atoms with E-state index in [0.717, 1.165) is 18.1 Å². The van der Waals surface area contributed by atoms with Crippen molar-refractivity contribution in [2.75, 3.05) is 11.9 Å². The van der Waals surface area contributed by atoms with E-state index < -0.39 is 18.3 Å². The Kier molecular flexibility index (Phi) is 3.71. The molecule has 1 rings (SSSR count). The minimum absolute atomic E-state index is 0.569. The van der Waals surface area contributed by atoms with E-state index in [0.29, 0.717) is 5.69 Å². The van der Waals surface area contributed by atoms with Crippen molar-refractivity contribution in [1.29, 1.82) is 0 Å². The molecule has 0 heterocycles. The van der Waals surface area contributed by atoms with E-state index >= 15 is 0 Å². The first kappa shape index (κ1) is 13.8. The summed E-state index contributed by atoms with van der Waals surface area (Å²) in [5.74, 6) is 0. The van der Waals surface area contributed by atoms with Crippen molar-refractivity contribution in [3.8, 4) is 0 Å². The van der Waals surface area contributed by atoms with Crippen LogP contribution < -0.4 is 5.32 Å². The molecule has 0 radical (unpaired) electrons. The molecule has 0 saturated carbocycles. The molecule has 1 unspecified atom stereocenters. The van der Waals surface area contributed by atoms with Gasteiger partial charge in [-0.3, -0.25) is 0 Å². The van der Waals surface area contributed by atoms with Crippen LogP contribution in [0.3, 0.4) is 0 Å². The standard InChI is InChI=1S/C12H16F3NO/c1-8-4-5-10(9(2)6-8)16-7-11(3,17)12(13,14)15/h4-6,16-17H,7H2,1-3H3. The molecule has 1 aromatic rings. The van der Waals surface area contributed by atoms with Crippen molar-refractivity contribution in [1.82, 2.24) is 0 Å². The van der Waals surface area contributed by atoms with Crippen LogP contribution >= 0.6 is 0 Å². The van der Waals surface area contributed by atoms with E-state index in [4.69, 9.17) is 0 Å². The highest BCUT2D eigenvalue weighted by atomic mass is 19.4. The molecular weight excluding hydrogens is 231 g/mol. The maximum atomic E-state index is 12.4. The third-order valence-electron chi connectivity index (χ3n) is 2.62. The van der Waals surface area contributed by atoms with Gasteiger partial charge in [0.15, 0.2) is 5.60 Å². The molecule has 0 aliphatic heterocycles. The summed E-state index contributed by atoms with van der Waals surface area (Å²) in [6, 6.07) is 5.37. The van der Waals surface area contributed by atoms with Gasteiger partial charge in [0.05, 0.1) is 6.54 Å². The van der Waals surface area contributed by atoms with Crippen molar-refractivity contribution in [2.24, 2.45) is 0 Å². The smallest absolute Gasteiger partial charge is 0.382 e. The summed E-state index contributed by atoms with van der Waals surface area (Å²) < 4.78 is 37.2. The quantitative estimate of drug-likeness (QED) is 0.860. The lowest BCUT2D eigenvalue weighted by atomic mass is 10.1. The van der Waals surface area contributed by atoms with Crippen LogP contribution in [0.4, 0.5) is 18.9 Å². The number of aryl methyl sites for hydroxylation is 2. The predicted molar refractivity (Wildman–Crippen MR) is 61.1 cm³/mol. The van der Waals surface area contributed by atoms with E-state index in [1.165, 1.54) is 0 Å². The second kappa shape index (κ2) is 4.56. The molecule has 0 saturated heterocycles. The van der Waals surface area contributed by atoms with Crippen LogP contribution in [0.15, 0.2) is 18.2 Å². The number of rotatable bonds is 3. The predicted octanol–water partition coefficient (Wildman–Crippen LogP) is 3.03. The van der Waals surface area contributed by atoms with Gasteiger partial charge in [-0.15, -0.1) is 0 Å². The molecule has 0 spiro atoms. The summed E-state index contributed by atoms with van der Waals surface area (Å²) in [4.78, 5) is 0. The Hall–Kier alpha value is -1.23. The van der Waals surface area contributed by atoms with Crippen LogP contribution in [0.25, 0.3) is 0 Å². The van der Waals surface area contributed by atoms with Crippen LogP contribution in [-0.4, -0.2) is 23.4 Å². The number of halogens is 3. The molecule has 2 N–H and O–H groups in total. The van der Waals surface area contributed by atoms with Gasteiger partial charge in [-0.05, 0) is 32.4 Å². The lowest BCUT2D eigenvalue weighted by Gasteiger charge is -2.27. The molecule has 0 aromatic heterocycles. The number of alkyl halides is 3. The van der Waals surface area contributed by atoms with Crippen LogP contribution in [0.1, 0.15) is 18.1 Å². The summed E-state index contributed by atoms with van der Waals surface area (Å²) >= 11 is 0. The first-order valence-corrected chi connectivity index (χ1v) is 5.24. The van der Waals surface area contributed by atoms with E-state index in [2.05, 4.69) is 5.32 Å². The summed E-state index contributed by atoms with van der Waals surface area (Å²) in [5.41, 5.74) is -0.247. The zero-order chi connectivity index (χ0) is 13.3. The SMILES string of the molecule is Cc1ccc(NCC(C)(O)C(F)(F)F)c(C)c1. The molecule has 0 aliphatic carbocycles. The highest BCUT2D eigenvalue weighted by molar-refractivity contribution is 5.52. The molecule has 0 bridgehead atoms. The summed E-state index contributed by atoms with van der Waals surface area (Å²) in [6.07, 6.45) is -4.64. The average Bonchev–Trinajstić information content (AvgIpc) is 2.14. The summed E-state index contributed by atoms with van der Waals surface area (Å²) in [7, 11) is 0. The van der Waals surface area contributed by atoms with Gasteiger partial charge in [-0.2, -0.15) is 13.2 Å². The molecule has 0 aliphatic rings. The zero-order valence-corrected chi connectivity index (χ0v) is 10.0. The van der Waals surface area contributed by atoms with Crippen molar-refractivity contribution >= 4 is 5.69 Å². The fourth-order valence-corrected chi connectivity index (χ4v) is 1.38. The lowest BCUT2D eigenvalue weighted by Crippen LogP contribution is -2.47. The maximum Gasteiger partial charge on any atom is 0.418 e. The molecule has 0 amide bonds. The first-order valence-electron chi connectivity index (χ1n) is 5.24. The lowest BCUT2D eigenvalue weighted by molar-refractivity contribution is -0.246. The van der Waals surface area contributed by atoms with Gasteiger partial charge < -0.3 is 10.4 Å². The third kappa shape index (κ3) is 3.36. The number of aliphatic hydroxyl groups is 1. The van der Waals surface area contributed by atoms with Crippen LogP contribution in [0.5, 0.6) is 0 Å². The van der Waals surface area contributed by atoms with Crippen LogP contribution in [-0.2, 0) is 0 Å². The van der Waals surface area contributed by atoms with Gasteiger partial charge in [0.2, 0.25) is 0 Å². The largest absolute Gasteiger partial charge is 0.418 e.